The van der Waals surface area contributed by atoms with Gasteiger partial charge in [-0.25, -0.2) is 4.68 Å². The van der Waals surface area contributed by atoms with Gasteiger partial charge < -0.3 is 9.64 Å². The van der Waals surface area contributed by atoms with Gasteiger partial charge >= 0.3 is 0 Å². The van der Waals surface area contributed by atoms with Gasteiger partial charge in [0.15, 0.2) is 11.6 Å². The van der Waals surface area contributed by atoms with Crippen LogP contribution in [0.2, 0.25) is 0 Å². The number of hydrogen-bond acceptors (Lipinski definition) is 5. The number of rotatable bonds is 2. The van der Waals surface area contributed by atoms with Crippen LogP contribution in [0.25, 0.3) is 5.82 Å². The second-order valence-corrected chi connectivity index (χ2v) is 7.57. The van der Waals surface area contributed by atoms with Gasteiger partial charge in [0.1, 0.15) is 0 Å². The molecule has 3 rings (SSSR count). The molecular weight excluding hydrogens is 290 g/mol. The Morgan fingerprint density at radius 2 is 1.52 bits per heavy atom. The number of aromatic nitrogens is 4. The molecule has 3 heterocycles. The normalized spacial score (nSPS) is 19.8. The highest BCUT2D eigenvalue weighted by atomic mass is 16.5. The largest absolute Gasteiger partial charge is 0.366 e. The summed E-state index contributed by atoms with van der Waals surface area (Å²) in [6.07, 6.45) is 0. The zero-order chi connectivity index (χ0) is 16.8. The van der Waals surface area contributed by atoms with Gasteiger partial charge in [0.25, 0.3) is 0 Å². The van der Waals surface area contributed by atoms with Crippen LogP contribution in [0.3, 0.4) is 0 Å². The molecule has 2 aromatic heterocycles. The van der Waals surface area contributed by atoms with Crippen LogP contribution in [0.1, 0.15) is 39.1 Å². The maximum atomic E-state index is 6.12. The first-order chi connectivity index (χ1) is 10.7. The fourth-order valence-electron chi connectivity index (χ4n) is 3.41. The molecule has 1 saturated heterocycles. The van der Waals surface area contributed by atoms with E-state index in [1.54, 1.807) is 0 Å². The lowest BCUT2D eigenvalue weighted by Gasteiger charge is -2.47. The fraction of sp³-hybridized carbons (Fsp3) is 0.588. The predicted molar refractivity (Wildman–Crippen MR) is 90.1 cm³/mol. The summed E-state index contributed by atoms with van der Waals surface area (Å²) in [5, 5.41) is 13.2. The van der Waals surface area contributed by atoms with E-state index in [1.165, 1.54) is 0 Å². The van der Waals surface area contributed by atoms with Crippen molar-refractivity contribution < 1.29 is 4.74 Å². The number of anilines is 1. The van der Waals surface area contributed by atoms with Gasteiger partial charge in [0.2, 0.25) is 0 Å². The topological polar surface area (TPSA) is 56.1 Å². The second-order valence-electron chi connectivity index (χ2n) is 7.57. The highest BCUT2D eigenvalue weighted by Crippen LogP contribution is 2.30. The SMILES string of the molecule is Cc1cc(C)n(-c2ccc(N3CC(C)(C)OC(C)(C)C3)nn2)n1. The van der Waals surface area contributed by atoms with Gasteiger partial charge in [0.05, 0.1) is 16.9 Å². The molecule has 0 bridgehead atoms. The van der Waals surface area contributed by atoms with Gasteiger partial charge in [-0.2, -0.15) is 5.10 Å². The highest BCUT2D eigenvalue weighted by molar-refractivity contribution is 5.41. The van der Waals surface area contributed by atoms with Crippen molar-refractivity contribution in [2.75, 3.05) is 18.0 Å². The molecule has 1 aliphatic heterocycles. The molecule has 2 aromatic rings. The third kappa shape index (κ3) is 3.37. The van der Waals surface area contributed by atoms with Crippen LogP contribution < -0.4 is 4.90 Å². The Labute approximate surface area is 137 Å². The molecule has 6 heteroatoms. The molecule has 124 valence electrons. The van der Waals surface area contributed by atoms with Crippen LogP contribution in [0.5, 0.6) is 0 Å². The van der Waals surface area contributed by atoms with Crippen LogP contribution in [-0.2, 0) is 4.74 Å². The molecule has 1 aliphatic rings. The Kier molecular flexibility index (Phi) is 3.67. The van der Waals surface area contributed by atoms with Gasteiger partial charge in [-0.1, -0.05) is 0 Å². The number of hydrogen-bond donors (Lipinski definition) is 0. The lowest BCUT2D eigenvalue weighted by Crippen LogP contribution is -2.57. The van der Waals surface area contributed by atoms with E-state index in [0.29, 0.717) is 0 Å². The van der Waals surface area contributed by atoms with E-state index in [-0.39, 0.29) is 11.2 Å². The molecule has 0 unspecified atom stereocenters. The summed E-state index contributed by atoms with van der Waals surface area (Å²) in [6.45, 7) is 14.0. The fourth-order valence-corrected chi connectivity index (χ4v) is 3.41. The maximum absolute atomic E-state index is 6.12. The summed E-state index contributed by atoms with van der Waals surface area (Å²) >= 11 is 0. The molecule has 0 saturated carbocycles. The highest BCUT2D eigenvalue weighted by Gasteiger charge is 2.38. The molecule has 0 atom stereocenters. The van der Waals surface area contributed by atoms with E-state index in [2.05, 4.69) is 47.9 Å². The van der Waals surface area contributed by atoms with Crippen molar-refractivity contribution in [3.8, 4) is 5.82 Å². The Morgan fingerprint density at radius 1 is 0.957 bits per heavy atom. The lowest BCUT2D eigenvalue weighted by atomic mass is 9.99. The number of aryl methyl sites for hydroxylation is 2. The Balaban J connectivity index is 1.86. The minimum Gasteiger partial charge on any atom is -0.366 e. The molecule has 6 nitrogen and oxygen atoms in total. The quantitative estimate of drug-likeness (QED) is 0.853. The summed E-state index contributed by atoms with van der Waals surface area (Å²) < 4.78 is 7.94. The van der Waals surface area contributed by atoms with Crippen molar-refractivity contribution in [3.05, 3.63) is 29.6 Å². The molecule has 0 spiro atoms. The smallest absolute Gasteiger partial charge is 0.176 e. The molecular formula is C17H25N5O. The maximum Gasteiger partial charge on any atom is 0.176 e. The molecule has 0 aromatic carbocycles. The molecule has 0 aliphatic carbocycles. The third-order valence-corrected chi connectivity index (χ3v) is 3.88. The van der Waals surface area contributed by atoms with Crippen LogP contribution in [0.4, 0.5) is 5.82 Å². The third-order valence-electron chi connectivity index (χ3n) is 3.88. The monoisotopic (exact) mass is 315 g/mol. The Hall–Kier alpha value is -1.95. The zero-order valence-electron chi connectivity index (χ0n) is 14.8. The predicted octanol–water partition coefficient (Wildman–Crippen LogP) is 2.67. The summed E-state index contributed by atoms with van der Waals surface area (Å²) in [5.74, 6) is 1.62. The zero-order valence-corrected chi connectivity index (χ0v) is 14.8. The van der Waals surface area contributed by atoms with E-state index in [0.717, 1.165) is 36.1 Å². The average molecular weight is 315 g/mol. The van der Waals surface area contributed by atoms with Gasteiger partial charge in [-0.05, 0) is 59.7 Å². The standard InChI is InChI=1S/C17H25N5O/c1-12-9-13(2)22(20-12)15-8-7-14(18-19-15)21-10-16(3,4)23-17(5,6)11-21/h7-9H,10-11H2,1-6H3. The van der Waals surface area contributed by atoms with Crippen LogP contribution in [0.15, 0.2) is 18.2 Å². The van der Waals surface area contributed by atoms with Crippen molar-refractivity contribution in [1.82, 2.24) is 20.0 Å². The van der Waals surface area contributed by atoms with E-state index < -0.39 is 0 Å². The van der Waals surface area contributed by atoms with E-state index >= 15 is 0 Å². The first-order valence-corrected chi connectivity index (χ1v) is 7.98. The minimum absolute atomic E-state index is 0.211. The van der Waals surface area contributed by atoms with Crippen molar-refractivity contribution in [3.63, 3.8) is 0 Å². The number of morpholine rings is 1. The van der Waals surface area contributed by atoms with Gasteiger partial charge in [-0.15, -0.1) is 10.2 Å². The first-order valence-electron chi connectivity index (χ1n) is 7.98. The van der Waals surface area contributed by atoms with Crippen molar-refractivity contribution >= 4 is 5.82 Å². The van der Waals surface area contributed by atoms with E-state index in [1.807, 2.05) is 36.7 Å². The van der Waals surface area contributed by atoms with Crippen LogP contribution in [-0.4, -0.2) is 44.3 Å². The number of ether oxygens (including phenoxy) is 1. The van der Waals surface area contributed by atoms with Crippen molar-refractivity contribution in [2.24, 2.45) is 0 Å². The second kappa shape index (κ2) is 5.30. The molecule has 1 fully saturated rings. The number of nitrogens with zero attached hydrogens (tertiary/aromatic N) is 5. The molecule has 0 amide bonds. The van der Waals surface area contributed by atoms with Gasteiger partial charge in [0, 0.05) is 18.8 Å². The average Bonchev–Trinajstić information content (AvgIpc) is 2.74. The van der Waals surface area contributed by atoms with E-state index in [4.69, 9.17) is 4.74 Å². The van der Waals surface area contributed by atoms with Crippen molar-refractivity contribution in [2.45, 2.75) is 52.7 Å². The van der Waals surface area contributed by atoms with Crippen LogP contribution in [0, 0.1) is 13.8 Å². The Morgan fingerprint density at radius 3 is 2.00 bits per heavy atom. The molecule has 0 N–H and O–H groups in total. The lowest BCUT2D eigenvalue weighted by molar-refractivity contribution is -0.133. The first kappa shape index (κ1) is 15.9. The minimum atomic E-state index is -0.211. The summed E-state index contributed by atoms with van der Waals surface area (Å²) in [4.78, 5) is 2.24. The van der Waals surface area contributed by atoms with Crippen LogP contribution >= 0.6 is 0 Å². The Bertz CT molecular complexity index is 686. The summed E-state index contributed by atoms with van der Waals surface area (Å²) in [6, 6.07) is 6.01. The molecule has 23 heavy (non-hydrogen) atoms. The van der Waals surface area contributed by atoms with Gasteiger partial charge in [-0.3, -0.25) is 0 Å². The molecule has 0 radical (unpaired) electrons. The van der Waals surface area contributed by atoms with Crippen molar-refractivity contribution in [1.29, 1.82) is 0 Å². The summed E-state index contributed by atoms with van der Waals surface area (Å²) in [5.41, 5.74) is 1.61. The van der Waals surface area contributed by atoms with E-state index in [9.17, 15) is 0 Å². The summed E-state index contributed by atoms with van der Waals surface area (Å²) in [7, 11) is 0.